The summed E-state index contributed by atoms with van der Waals surface area (Å²) in [6, 6.07) is 19.2. The van der Waals surface area contributed by atoms with E-state index in [-0.39, 0.29) is 0 Å². The molecule has 0 spiro atoms. The molecule has 22 heavy (non-hydrogen) atoms. The summed E-state index contributed by atoms with van der Waals surface area (Å²) in [5.74, 6) is 0. The second-order valence-electron chi connectivity index (χ2n) is 6.01. The fourth-order valence-corrected chi connectivity index (χ4v) is 3.59. The van der Waals surface area contributed by atoms with Crippen molar-refractivity contribution in [2.75, 3.05) is 0 Å². The number of hydrogen-bond donors (Lipinski definition) is 0. The van der Waals surface area contributed by atoms with Gasteiger partial charge in [-0.1, -0.05) is 29.8 Å². The average Bonchev–Trinajstić information content (AvgIpc) is 3.03. The largest absolute Gasteiger partial charge is 0.455 e. The highest BCUT2D eigenvalue weighted by Crippen LogP contribution is 2.38. The van der Waals surface area contributed by atoms with Gasteiger partial charge in [-0.25, -0.2) is 0 Å². The Morgan fingerprint density at radius 2 is 1.64 bits per heavy atom. The van der Waals surface area contributed by atoms with Gasteiger partial charge < -0.3 is 8.98 Å². The number of rotatable bonds is 0. The summed E-state index contributed by atoms with van der Waals surface area (Å²) in [6.07, 6.45) is 0. The van der Waals surface area contributed by atoms with Crippen LogP contribution < -0.4 is 0 Å². The Kier molecular flexibility index (Phi) is 2.11. The zero-order chi connectivity index (χ0) is 14.8. The molecule has 0 bridgehead atoms. The van der Waals surface area contributed by atoms with Gasteiger partial charge >= 0.3 is 0 Å². The van der Waals surface area contributed by atoms with E-state index in [2.05, 4.69) is 61.0 Å². The number of hydrogen-bond acceptors (Lipinski definition) is 1. The zero-order valence-electron chi connectivity index (χ0n) is 12.6. The summed E-state index contributed by atoms with van der Waals surface area (Å²) in [6.45, 7) is 2.14. The first-order valence-corrected chi connectivity index (χ1v) is 7.53. The van der Waals surface area contributed by atoms with Crippen LogP contribution >= 0.6 is 0 Å². The van der Waals surface area contributed by atoms with Crippen molar-refractivity contribution in [2.45, 2.75) is 6.92 Å². The van der Waals surface area contributed by atoms with Crippen LogP contribution in [0, 0.1) is 6.92 Å². The van der Waals surface area contributed by atoms with Crippen LogP contribution in [0.5, 0.6) is 0 Å². The molecule has 0 radical (unpaired) electrons. The lowest BCUT2D eigenvalue weighted by Gasteiger charge is -1.97. The normalized spacial score (nSPS) is 12.1. The molecule has 2 aromatic heterocycles. The monoisotopic (exact) mass is 285 g/mol. The third-order valence-corrected chi connectivity index (χ3v) is 4.67. The number of para-hydroxylation sites is 1. The highest BCUT2D eigenvalue weighted by atomic mass is 16.3. The van der Waals surface area contributed by atoms with E-state index in [0.717, 1.165) is 11.2 Å². The van der Waals surface area contributed by atoms with Gasteiger partial charge in [0.2, 0.25) is 0 Å². The molecule has 0 saturated carbocycles. The van der Waals surface area contributed by atoms with Crippen LogP contribution in [0.1, 0.15) is 5.56 Å². The molecule has 0 atom stereocenters. The van der Waals surface area contributed by atoms with Gasteiger partial charge in [-0.3, -0.25) is 0 Å². The van der Waals surface area contributed by atoms with Gasteiger partial charge in [-0.15, -0.1) is 0 Å². The Morgan fingerprint density at radius 1 is 0.818 bits per heavy atom. The molecular formula is C20H15NO. The lowest BCUT2D eigenvalue weighted by Crippen LogP contribution is -1.85. The van der Waals surface area contributed by atoms with Gasteiger partial charge in [0.1, 0.15) is 11.2 Å². The van der Waals surface area contributed by atoms with E-state index < -0.39 is 0 Å². The van der Waals surface area contributed by atoms with Gasteiger partial charge in [0.05, 0.1) is 10.9 Å². The van der Waals surface area contributed by atoms with Crippen LogP contribution in [0.3, 0.4) is 0 Å². The first-order valence-electron chi connectivity index (χ1n) is 7.53. The molecule has 2 heteroatoms. The number of fused-ring (bicyclic) bond motifs is 7. The molecule has 5 aromatic rings. The topological polar surface area (TPSA) is 18.1 Å². The Bertz CT molecular complexity index is 1190. The molecule has 2 nitrogen and oxygen atoms in total. The fourth-order valence-electron chi connectivity index (χ4n) is 3.59. The highest BCUT2D eigenvalue weighted by molar-refractivity contribution is 6.23. The van der Waals surface area contributed by atoms with Crippen LogP contribution in [0.4, 0.5) is 0 Å². The van der Waals surface area contributed by atoms with E-state index in [9.17, 15) is 0 Å². The van der Waals surface area contributed by atoms with E-state index in [1.165, 1.54) is 38.1 Å². The van der Waals surface area contributed by atoms with Gasteiger partial charge in [0.15, 0.2) is 0 Å². The average molecular weight is 285 g/mol. The fraction of sp³-hybridized carbons (Fsp3) is 0.100. The molecule has 0 amide bonds. The van der Waals surface area contributed by atoms with E-state index in [4.69, 9.17) is 4.42 Å². The quantitative estimate of drug-likeness (QED) is 0.365. The number of benzene rings is 3. The predicted molar refractivity (Wildman–Crippen MR) is 92.4 cm³/mol. The maximum absolute atomic E-state index is 6.21. The second kappa shape index (κ2) is 3.92. The third-order valence-electron chi connectivity index (χ3n) is 4.67. The first-order chi connectivity index (χ1) is 10.7. The molecule has 2 heterocycles. The number of aromatic nitrogens is 1. The number of nitrogens with zero attached hydrogens (tertiary/aromatic N) is 1. The zero-order valence-corrected chi connectivity index (χ0v) is 12.6. The van der Waals surface area contributed by atoms with Crippen molar-refractivity contribution in [2.24, 2.45) is 7.05 Å². The highest BCUT2D eigenvalue weighted by Gasteiger charge is 2.15. The van der Waals surface area contributed by atoms with Crippen LogP contribution in [0.15, 0.2) is 59.0 Å². The minimum Gasteiger partial charge on any atom is -0.455 e. The second-order valence-corrected chi connectivity index (χ2v) is 6.01. The van der Waals surface area contributed by atoms with Crippen LogP contribution in [-0.4, -0.2) is 4.57 Å². The smallest absolute Gasteiger partial charge is 0.145 e. The molecule has 0 aliphatic rings. The van der Waals surface area contributed by atoms with Crippen molar-refractivity contribution in [3.8, 4) is 0 Å². The van der Waals surface area contributed by atoms with Crippen LogP contribution in [0.25, 0.3) is 43.7 Å². The van der Waals surface area contributed by atoms with Crippen LogP contribution in [-0.2, 0) is 7.05 Å². The van der Waals surface area contributed by atoms with Crippen molar-refractivity contribution >= 4 is 43.7 Å². The standard InChI is InChI=1S/C20H15NO/c1-12-7-9-16-15(11-12)19-17(21(16)2)10-8-14-13-5-3-4-6-18(13)22-20(14)19/h3-11H,1-2H3. The summed E-state index contributed by atoms with van der Waals surface area (Å²) in [5.41, 5.74) is 5.68. The van der Waals surface area contributed by atoms with Gasteiger partial charge in [-0.2, -0.15) is 0 Å². The lowest BCUT2D eigenvalue weighted by atomic mass is 10.1. The minimum absolute atomic E-state index is 0.953. The summed E-state index contributed by atoms with van der Waals surface area (Å²) in [4.78, 5) is 0. The Hall–Kier alpha value is -2.74. The van der Waals surface area contributed by atoms with E-state index in [1.807, 2.05) is 12.1 Å². The van der Waals surface area contributed by atoms with Gasteiger partial charge in [-0.05, 0) is 37.3 Å². The number of aryl methyl sites for hydroxylation is 2. The predicted octanol–water partition coefficient (Wildman–Crippen LogP) is 5.54. The summed E-state index contributed by atoms with van der Waals surface area (Å²) < 4.78 is 8.46. The van der Waals surface area contributed by atoms with Crippen molar-refractivity contribution in [3.05, 3.63) is 60.2 Å². The molecule has 0 aliphatic carbocycles. The number of furan rings is 1. The van der Waals surface area contributed by atoms with Crippen LogP contribution in [0.2, 0.25) is 0 Å². The van der Waals surface area contributed by atoms with Crippen molar-refractivity contribution in [3.63, 3.8) is 0 Å². The summed E-state index contributed by atoms with van der Waals surface area (Å²) >= 11 is 0. The Labute approximate surface area is 127 Å². The van der Waals surface area contributed by atoms with Crippen molar-refractivity contribution in [1.82, 2.24) is 4.57 Å². The summed E-state index contributed by atoms with van der Waals surface area (Å²) in [7, 11) is 2.12. The molecule has 0 unspecified atom stereocenters. The van der Waals surface area contributed by atoms with E-state index in [0.29, 0.717) is 0 Å². The van der Waals surface area contributed by atoms with Crippen molar-refractivity contribution < 1.29 is 4.42 Å². The van der Waals surface area contributed by atoms with E-state index in [1.54, 1.807) is 0 Å². The molecule has 0 N–H and O–H groups in total. The molecule has 0 aliphatic heterocycles. The van der Waals surface area contributed by atoms with E-state index >= 15 is 0 Å². The molecule has 3 aromatic carbocycles. The molecular weight excluding hydrogens is 270 g/mol. The maximum Gasteiger partial charge on any atom is 0.145 e. The van der Waals surface area contributed by atoms with Crippen molar-refractivity contribution in [1.29, 1.82) is 0 Å². The first kappa shape index (κ1) is 11.9. The molecule has 106 valence electrons. The van der Waals surface area contributed by atoms with Gasteiger partial charge in [0, 0.05) is 28.7 Å². The van der Waals surface area contributed by atoms with Gasteiger partial charge in [0.25, 0.3) is 0 Å². The lowest BCUT2D eigenvalue weighted by molar-refractivity contribution is 0.673. The molecule has 5 rings (SSSR count). The molecule has 0 fully saturated rings. The third kappa shape index (κ3) is 1.34. The SMILES string of the molecule is Cc1ccc2c(c1)c1c3oc4ccccc4c3ccc1n2C. The summed E-state index contributed by atoms with van der Waals surface area (Å²) in [5, 5.41) is 4.86. The minimum atomic E-state index is 0.953. The maximum atomic E-state index is 6.21. The molecule has 0 saturated heterocycles. The Balaban J connectivity index is 2.14. The Morgan fingerprint density at radius 3 is 2.55 bits per heavy atom.